The van der Waals surface area contributed by atoms with E-state index in [9.17, 15) is 4.79 Å². The first kappa shape index (κ1) is 18.5. The summed E-state index contributed by atoms with van der Waals surface area (Å²) in [6.07, 6.45) is 1.83. The Kier molecular flexibility index (Phi) is 4.82. The molecule has 2 aromatic heterocycles. The average Bonchev–Trinajstić information content (AvgIpc) is 2.89. The molecule has 1 amide bonds. The number of methoxy groups -OCH3 is 2. The van der Waals surface area contributed by atoms with Gasteiger partial charge in [0.05, 0.1) is 38.4 Å². The molecule has 0 aliphatic carbocycles. The summed E-state index contributed by atoms with van der Waals surface area (Å²) >= 11 is 0. The number of fused-ring (bicyclic) bond motifs is 4. The number of carbonyl (C=O) groups is 1. The smallest absolute Gasteiger partial charge is 0.232 e. The van der Waals surface area contributed by atoms with E-state index < -0.39 is 0 Å². The molecule has 3 fully saturated rings. The molecule has 2 atom stereocenters. The van der Waals surface area contributed by atoms with Gasteiger partial charge < -0.3 is 23.8 Å². The Bertz CT molecular complexity index is 841. The minimum Gasteiger partial charge on any atom is -0.481 e. The summed E-state index contributed by atoms with van der Waals surface area (Å²) in [4.78, 5) is 26.1. The number of anilines is 1. The summed E-state index contributed by atoms with van der Waals surface area (Å²) in [7, 11) is 3.12. The zero-order chi connectivity index (χ0) is 19.8. The molecule has 0 unspecified atom stereocenters. The number of carbonyl (C=O) groups excluding carboxylic acids is 1. The molecule has 9 heteroatoms. The highest BCUT2D eigenvalue weighted by molar-refractivity contribution is 5.81. The lowest BCUT2D eigenvalue weighted by atomic mass is 9.93. The third-order valence-electron chi connectivity index (χ3n) is 5.67. The van der Waals surface area contributed by atoms with Gasteiger partial charge in [-0.2, -0.15) is 9.97 Å². The minimum atomic E-state index is -0.0833. The van der Waals surface area contributed by atoms with Crippen LogP contribution < -0.4 is 14.4 Å². The first-order valence-corrected chi connectivity index (χ1v) is 9.44. The predicted octanol–water partition coefficient (Wildman–Crippen LogP) is 1.73. The van der Waals surface area contributed by atoms with Gasteiger partial charge in [-0.25, -0.2) is 0 Å². The summed E-state index contributed by atoms with van der Waals surface area (Å²) in [6, 6.07) is 1.73. The molecule has 3 saturated heterocycles. The Morgan fingerprint density at radius 3 is 2.46 bits per heavy atom. The molecule has 150 valence electrons. The van der Waals surface area contributed by atoms with Gasteiger partial charge in [-0.1, -0.05) is 5.16 Å². The van der Waals surface area contributed by atoms with Crippen molar-refractivity contribution in [2.75, 3.05) is 32.2 Å². The van der Waals surface area contributed by atoms with Crippen LogP contribution in [0, 0.1) is 19.8 Å². The second kappa shape index (κ2) is 7.29. The topological polar surface area (TPSA) is 93.8 Å². The van der Waals surface area contributed by atoms with Gasteiger partial charge in [-0.3, -0.25) is 4.79 Å². The maximum Gasteiger partial charge on any atom is 0.232 e. The van der Waals surface area contributed by atoms with Crippen LogP contribution in [-0.2, 0) is 11.3 Å². The average molecular weight is 387 g/mol. The van der Waals surface area contributed by atoms with Crippen LogP contribution in [0.25, 0.3) is 0 Å². The van der Waals surface area contributed by atoms with E-state index in [0.29, 0.717) is 37.3 Å². The van der Waals surface area contributed by atoms with Crippen LogP contribution in [0.2, 0.25) is 0 Å². The molecular weight excluding hydrogens is 362 g/mol. The minimum absolute atomic E-state index is 0.0833. The van der Waals surface area contributed by atoms with Gasteiger partial charge in [-0.15, -0.1) is 0 Å². The highest BCUT2D eigenvalue weighted by atomic mass is 16.5. The lowest BCUT2D eigenvalue weighted by molar-refractivity contribution is -0.140. The van der Waals surface area contributed by atoms with Crippen LogP contribution in [0.3, 0.4) is 0 Å². The summed E-state index contributed by atoms with van der Waals surface area (Å²) in [6.45, 7) is 5.58. The first-order valence-electron chi connectivity index (χ1n) is 9.44. The van der Waals surface area contributed by atoms with E-state index in [1.807, 2.05) is 18.7 Å². The van der Waals surface area contributed by atoms with Crippen molar-refractivity contribution in [2.45, 2.75) is 39.3 Å². The van der Waals surface area contributed by atoms with Crippen LogP contribution in [0.4, 0.5) is 5.95 Å². The van der Waals surface area contributed by atoms with Crippen molar-refractivity contribution in [1.29, 1.82) is 0 Å². The van der Waals surface area contributed by atoms with E-state index in [1.165, 1.54) is 0 Å². The molecule has 3 aliphatic heterocycles. The molecule has 0 radical (unpaired) electrons. The molecule has 2 aromatic rings. The lowest BCUT2D eigenvalue weighted by Gasteiger charge is -2.35. The van der Waals surface area contributed by atoms with Crippen LogP contribution in [0.1, 0.15) is 29.9 Å². The predicted molar refractivity (Wildman–Crippen MR) is 100 cm³/mol. The highest BCUT2D eigenvalue weighted by Gasteiger charge is 2.42. The fraction of sp³-hybridized carbons (Fsp3) is 0.579. The zero-order valence-corrected chi connectivity index (χ0v) is 16.6. The Morgan fingerprint density at radius 2 is 1.86 bits per heavy atom. The molecule has 28 heavy (non-hydrogen) atoms. The molecule has 3 aliphatic rings. The molecule has 5 heterocycles. The lowest BCUT2D eigenvalue weighted by Crippen LogP contribution is -2.47. The van der Waals surface area contributed by atoms with E-state index in [1.54, 1.807) is 20.3 Å². The van der Waals surface area contributed by atoms with Gasteiger partial charge >= 0.3 is 0 Å². The van der Waals surface area contributed by atoms with Crippen LogP contribution in [0.5, 0.6) is 11.8 Å². The Labute approximate surface area is 163 Å². The third-order valence-corrected chi connectivity index (χ3v) is 5.67. The van der Waals surface area contributed by atoms with E-state index in [-0.39, 0.29) is 17.9 Å². The largest absolute Gasteiger partial charge is 0.481 e. The molecule has 0 spiro atoms. The number of hydrogen-bond donors (Lipinski definition) is 0. The summed E-state index contributed by atoms with van der Waals surface area (Å²) in [5.41, 5.74) is 1.83. The standard InChI is InChI=1S/C19H25N5O4/c1-11-15(12(2)28-22-11)10-24-14-6-5-13(18(24)25)8-23(9-14)19-20-16(26-3)7-17(21-19)27-4/h7,13-14H,5-6,8-10H2,1-4H3/t13-,14+/m0/s1. The number of hydrogen-bond acceptors (Lipinski definition) is 8. The van der Waals surface area contributed by atoms with E-state index >= 15 is 0 Å². The van der Waals surface area contributed by atoms with E-state index in [4.69, 9.17) is 14.0 Å². The summed E-state index contributed by atoms with van der Waals surface area (Å²) < 4.78 is 15.8. The van der Waals surface area contributed by atoms with Gasteiger partial charge in [-0.05, 0) is 26.7 Å². The first-order chi connectivity index (χ1) is 13.5. The van der Waals surface area contributed by atoms with Crippen LogP contribution >= 0.6 is 0 Å². The normalized spacial score (nSPS) is 21.8. The Balaban J connectivity index is 1.62. The van der Waals surface area contributed by atoms with Crippen molar-refractivity contribution < 1.29 is 18.8 Å². The molecule has 0 N–H and O–H groups in total. The Hall–Kier alpha value is -2.84. The van der Waals surface area contributed by atoms with Crippen molar-refractivity contribution in [2.24, 2.45) is 5.92 Å². The van der Waals surface area contributed by atoms with Gasteiger partial charge in [0, 0.05) is 24.7 Å². The molecule has 0 saturated carbocycles. The fourth-order valence-electron chi connectivity index (χ4n) is 4.05. The van der Waals surface area contributed by atoms with Crippen LogP contribution in [-0.4, -0.2) is 59.3 Å². The number of aryl methyl sites for hydroxylation is 2. The molecule has 2 bridgehead atoms. The van der Waals surface area contributed by atoms with Crippen LogP contribution in [0.15, 0.2) is 10.6 Å². The second-order valence-corrected chi connectivity index (χ2v) is 7.35. The summed E-state index contributed by atoms with van der Waals surface area (Å²) in [5, 5.41) is 4.02. The molecular formula is C19H25N5O4. The van der Waals surface area contributed by atoms with Gasteiger partial charge in [0.25, 0.3) is 0 Å². The molecule has 5 rings (SSSR count). The number of aromatic nitrogens is 3. The summed E-state index contributed by atoms with van der Waals surface area (Å²) in [5.74, 6) is 2.27. The zero-order valence-electron chi connectivity index (χ0n) is 16.6. The maximum absolute atomic E-state index is 13.1. The van der Waals surface area contributed by atoms with Crippen molar-refractivity contribution in [3.63, 3.8) is 0 Å². The molecule has 9 nitrogen and oxygen atoms in total. The number of piperidine rings is 1. The van der Waals surface area contributed by atoms with Crippen molar-refractivity contribution in [3.8, 4) is 11.8 Å². The SMILES string of the molecule is COc1cc(OC)nc(N2C[C@@H]3CC[C@H](C2)N(Cc2c(C)noc2C)C3=O)n1. The number of amides is 1. The second-order valence-electron chi connectivity index (χ2n) is 7.35. The van der Waals surface area contributed by atoms with Crippen molar-refractivity contribution in [1.82, 2.24) is 20.0 Å². The fourth-order valence-corrected chi connectivity index (χ4v) is 4.05. The van der Waals surface area contributed by atoms with E-state index in [0.717, 1.165) is 29.9 Å². The maximum atomic E-state index is 13.1. The van der Waals surface area contributed by atoms with Crippen molar-refractivity contribution in [3.05, 3.63) is 23.1 Å². The van der Waals surface area contributed by atoms with Gasteiger partial charge in [0.15, 0.2) is 0 Å². The van der Waals surface area contributed by atoms with Gasteiger partial charge in [0.2, 0.25) is 23.6 Å². The highest BCUT2D eigenvalue weighted by Crippen LogP contribution is 2.33. The number of nitrogens with zero attached hydrogens (tertiary/aromatic N) is 5. The number of ether oxygens (including phenoxy) is 2. The van der Waals surface area contributed by atoms with E-state index in [2.05, 4.69) is 20.0 Å². The number of rotatable bonds is 5. The quantitative estimate of drug-likeness (QED) is 0.766. The Morgan fingerprint density at radius 1 is 1.14 bits per heavy atom. The van der Waals surface area contributed by atoms with Crippen molar-refractivity contribution >= 4 is 11.9 Å². The third kappa shape index (κ3) is 3.25. The van der Waals surface area contributed by atoms with Gasteiger partial charge in [0.1, 0.15) is 5.76 Å². The molecule has 0 aromatic carbocycles. The monoisotopic (exact) mass is 387 g/mol.